The molecule has 3 heterocycles. The van der Waals surface area contributed by atoms with Gasteiger partial charge in [-0.15, -0.1) is 0 Å². The van der Waals surface area contributed by atoms with Crippen molar-refractivity contribution < 1.29 is 13.9 Å². The van der Waals surface area contributed by atoms with Crippen molar-refractivity contribution >= 4 is 16.8 Å². The van der Waals surface area contributed by atoms with Crippen LogP contribution in [0.15, 0.2) is 30.0 Å². The molecular weight excluding hydrogens is 381 g/mol. The van der Waals surface area contributed by atoms with Crippen molar-refractivity contribution in [1.82, 2.24) is 9.88 Å². The van der Waals surface area contributed by atoms with Gasteiger partial charge in [-0.25, -0.2) is 4.39 Å². The molecule has 2 saturated heterocycles. The molecule has 0 aliphatic carbocycles. The van der Waals surface area contributed by atoms with Gasteiger partial charge in [-0.05, 0) is 56.2 Å². The topological polar surface area (TPSA) is 69.1 Å². The molecule has 0 radical (unpaired) electrons. The number of H-pyrrole nitrogens is 1. The first-order valence-corrected chi connectivity index (χ1v) is 10.6. The molecule has 1 aromatic carbocycles. The largest absolute Gasteiger partial charge is 0.494 e. The van der Waals surface area contributed by atoms with Crippen LogP contribution in [0, 0.1) is 23.1 Å². The summed E-state index contributed by atoms with van der Waals surface area (Å²) in [7, 11) is 1.45. The number of nitriles is 1. The molecule has 0 spiro atoms. The highest BCUT2D eigenvalue weighted by atomic mass is 19.1. The Morgan fingerprint density at radius 1 is 1.40 bits per heavy atom. The number of rotatable bonds is 4. The monoisotopic (exact) mass is 409 g/mol. The highest BCUT2D eigenvalue weighted by Crippen LogP contribution is 2.41. The Morgan fingerprint density at radius 2 is 2.10 bits per heavy atom. The van der Waals surface area contributed by atoms with E-state index in [1.807, 2.05) is 18.7 Å². The molecule has 2 fully saturated rings. The molecule has 1 aromatic heterocycles. The first kappa shape index (κ1) is 20.5. The van der Waals surface area contributed by atoms with Gasteiger partial charge in [-0.1, -0.05) is 18.6 Å². The number of aromatic amines is 1. The second-order valence-corrected chi connectivity index (χ2v) is 8.61. The summed E-state index contributed by atoms with van der Waals surface area (Å²) in [6, 6.07) is 5.99. The number of allylic oxidation sites excluding steroid dienone is 1. The summed E-state index contributed by atoms with van der Waals surface area (Å²) >= 11 is 0. The average molecular weight is 410 g/mol. The lowest BCUT2D eigenvalue weighted by molar-refractivity contribution is -0.140. The van der Waals surface area contributed by atoms with Crippen LogP contribution in [0.3, 0.4) is 0 Å². The minimum atomic E-state index is -0.394. The van der Waals surface area contributed by atoms with E-state index in [9.17, 15) is 14.4 Å². The Kier molecular flexibility index (Phi) is 5.55. The molecule has 4 rings (SSSR count). The van der Waals surface area contributed by atoms with Crippen molar-refractivity contribution in [2.75, 3.05) is 7.11 Å². The molecule has 1 N–H and O–H groups in total. The Hall–Kier alpha value is -2.81. The molecule has 2 bridgehead atoms. The Labute approximate surface area is 176 Å². The van der Waals surface area contributed by atoms with Crippen LogP contribution in [0.5, 0.6) is 5.75 Å². The minimum Gasteiger partial charge on any atom is -0.494 e. The summed E-state index contributed by atoms with van der Waals surface area (Å²) in [6.07, 6.45) is 7.45. The van der Waals surface area contributed by atoms with Gasteiger partial charge in [0.15, 0.2) is 11.6 Å². The number of piperidine rings is 2. The van der Waals surface area contributed by atoms with Crippen molar-refractivity contribution in [3.8, 4) is 11.8 Å². The molecular formula is C24H28FN3O2. The molecule has 6 heteroatoms. The molecule has 5 nitrogen and oxygen atoms in total. The average Bonchev–Trinajstić information content (AvgIpc) is 3.17. The van der Waals surface area contributed by atoms with Crippen molar-refractivity contribution in [2.45, 2.75) is 64.0 Å². The highest BCUT2D eigenvalue weighted by Gasteiger charge is 2.42. The Bertz CT molecular complexity index is 1020. The number of ether oxygens (including phenoxy) is 1. The van der Waals surface area contributed by atoms with Gasteiger partial charge in [0.1, 0.15) is 0 Å². The SMILES string of the molecule is CC=C1CC2CC(C#N)CC(C1)N2C(=O)CC(C)c1c[nH]c2ccc(OC)c(F)c12. The quantitative estimate of drug-likeness (QED) is 0.719. The van der Waals surface area contributed by atoms with E-state index in [0.717, 1.165) is 31.2 Å². The second-order valence-electron chi connectivity index (χ2n) is 8.61. The van der Waals surface area contributed by atoms with Crippen LogP contribution in [0.4, 0.5) is 4.39 Å². The van der Waals surface area contributed by atoms with E-state index >= 15 is 0 Å². The van der Waals surface area contributed by atoms with Crippen molar-refractivity contribution in [1.29, 1.82) is 5.26 Å². The fourth-order valence-corrected chi connectivity index (χ4v) is 5.29. The summed E-state index contributed by atoms with van der Waals surface area (Å²) in [5.74, 6) is -0.205. The zero-order valence-corrected chi connectivity index (χ0v) is 17.7. The third-order valence-electron chi connectivity index (χ3n) is 6.78. The number of methoxy groups -OCH3 is 1. The first-order chi connectivity index (χ1) is 14.5. The van der Waals surface area contributed by atoms with E-state index < -0.39 is 5.82 Å². The fourth-order valence-electron chi connectivity index (χ4n) is 5.29. The van der Waals surface area contributed by atoms with Crippen LogP contribution >= 0.6 is 0 Å². The third-order valence-corrected chi connectivity index (χ3v) is 6.78. The van der Waals surface area contributed by atoms with Gasteiger partial charge in [-0.2, -0.15) is 5.26 Å². The number of fused-ring (bicyclic) bond motifs is 3. The van der Waals surface area contributed by atoms with Crippen molar-refractivity contribution in [2.24, 2.45) is 5.92 Å². The number of aromatic nitrogens is 1. The molecule has 2 aliphatic heterocycles. The molecule has 2 aromatic rings. The van der Waals surface area contributed by atoms with E-state index in [1.165, 1.54) is 12.7 Å². The summed E-state index contributed by atoms with van der Waals surface area (Å²) in [5.41, 5.74) is 2.87. The molecule has 0 saturated carbocycles. The zero-order valence-electron chi connectivity index (χ0n) is 17.7. The maximum atomic E-state index is 14.9. The van der Waals surface area contributed by atoms with E-state index in [1.54, 1.807) is 18.3 Å². The number of benzene rings is 1. The van der Waals surface area contributed by atoms with Crippen LogP contribution in [-0.2, 0) is 4.79 Å². The summed E-state index contributed by atoms with van der Waals surface area (Å²) < 4.78 is 20.0. The molecule has 158 valence electrons. The first-order valence-electron chi connectivity index (χ1n) is 10.6. The number of halogens is 1. The predicted octanol–water partition coefficient (Wildman–Crippen LogP) is 5.05. The van der Waals surface area contributed by atoms with Crippen LogP contribution in [-0.4, -0.2) is 35.0 Å². The predicted molar refractivity (Wildman–Crippen MR) is 114 cm³/mol. The van der Waals surface area contributed by atoms with Gasteiger partial charge < -0.3 is 14.6 Å². The number of carbonyl (C=O) groups excluding carboxylic acids is 1. The number of amides is 1. The molecule has 30 heavy (non-hydrogen) atoms. The van der Waals surface area contributed by atoms with E-state index in [2.05, 4.69) is 17.1 Å². The minimum absolute atomic E-state index is 0.0232. The van der Waals surface area contributed by atoms with E-state index in [0.29, 0.717) is 17.3 Å². The van der Waals surface area contributed by atoms with Crippen molar-refractivity contribution in [3.05, 3.63) is 41.4 Å². The Morgan fingerprint density at radius 3 is 2.70 bits per heavy atom. The lowest BCUT2D eigenvalue weighted by Crippen LogP contribution is -2.55. The van der Waals surface area contributed by atoms with Crippen LogP contribution in [0.25, 0.3) is 10.9 Å². The zero-order chi connectivity index (χ0) is 21.4. The Balaban J connectivity index is 1.57. The lowest BCUT2D eigenvalue weighted by Gasteiger charge is -2.48. The molecule has 2 aliphatic rings. The number of nitrogens with zero attached hydrogens (tertiary/aromatic N) is 2. The maximum absolute atomic E-state index is 14.9. The van der Waals surface area contributed by atoms with Crippen molar-refractivity contribution in [3.63, 3.8) is 0 Å². The summed E-state index contributed by atoms with van der Waals surface area (Å²) in [5, 5.41) is 9.91. The van der Waals surface area contributed by atoms with Gasteiger partial charge in [0.2, 0.25) is 5.91 Å². The lowest BCUT2D eigenvalue weighted by atomic mass is 9.76. The summed E-state index contributed by atoms with van der Waals surface area (Å²) in [6.45, 7) is 4.01. The number of nitrogens with one attached hydrogen (secondary N) is 1. The van der Waals surface area contributed by atoms with Crippen LogP contribution in [0.2, 0.25) is 0 Å². The van der Waals surface area contributed by atoms with Gasteiger partial charge in [-0.3, -0.25) is 4.79 Å². The number of hydrogen-bond donors (Lipinski definition) is 1. The standard InChI is InChI=1S/C24H28FN3O2/c1-4-15-8-17-10-16(12-26)11-18(9-15)28(17)22(29)7-14(2)19-13-27-20-5-6-21(30-3)24(25)23(19)20/h4-6,13-14,16-18,27H,7-11H2,1-3H3. The van der Waals surface area contributed by atoms with E-state index in [4.69, 9.17) is 4.74 Å². The summed E-state index contributed by atoms with van der Waals surface area (Å²) in [4.78, 5) is 18.5. The van der Waals surface area contributed by atoms with Gasteiger partial charge in [0.05, 0.1) is 19.1 Å². The van der Waals surface area contributed by atoms with Gasteiger partial charge in [0.25, 0.3) is 0 Å². The second kappa shape index (κ2) is 8.14. The molecule has 3 unspecified atom stereocenters. The van der Waals surface area contributed by atoms with E-state index in [-0.39, 0.29) is 35.6 Å². The number of hydrogen-bond acceptors (Lipinski definition) is 3. The normalized spacial score (nSPS) is 24.4. The maximum Gasteiger partial charge on any atom is 0.223 e. The smallest absolute Gasteiger partial charge is 0.223 e. The number of carbonyl (C=O) groups is 1. The molecule has 1 amide bonds. The fraction of sp³-hybridized carbons (Fsp3) is 0.500. The molecule has 3 atom stereocenters. The van der Waals surface area contributed by atoms with Gasteiger partial charge in [0, 0.05) is 35.6 Å². The van der Waals surface area contributed by atoms with Crippen LogP contribution < -0.4 is 4.74 Å². The third kappa shape index (κ3) is 3.47. The highest BCUT2D eigenvalue weighted by molar-refractivity contribution is 5.87. The van der Waals surface area contributed by atoms with Crippen LogP contribution in [0.1, 0.15) is 57.4 Å². The van der Waals surface area contributed by atoms with Gasteiger partial charge >= 0.3 is 0 Å².